The van der Waals surface area contributed by atoms with Crippen molar-refractivity contribution in [2.75, 3.05) is 11.6 Å². The molecule has 0 bridgehead atoms. The van der Waals surface area contributed by atoms with Crippen LogP contribution in [0.25, 0.3) is 0 Å². The molecule has 0 spiro atoms. The predicted molar refractivity (Wildman–Crippen MR) is 65.7 cm³/mol. The highest BCUT2D eigenvalue weighted by molar-refractivity contribution is 7.99. The van der Waals surface area contributed by atoms with Gasteiger partial charge in [-0.05, 0) is 13.0 Å². The molecule has 2 rings (SSSR count). The molecule has 0 aromatic carbocycles. The maximum absolute atomic E-state index is 12.1. The van der Waals surface area contributed by atoms with Gasteiger partial charge in [-0.25, -0.2) is 4.79 Å². The van der Waals surface area contributed by atoms with E-state index in [1.807, 2.05) is 0 Å². The Morgan fingerprint density at radius 3 is 2.78 bits per heavy atom. The first-order valence-electron chi connectivity index (χ1n) is 5.31. The van der Waals surface area contributed by atoms with Gasteiger partial charge in [0, 0.05) is 17.5 Å². The molecule has 0 saturated carbocycles. The fourth-order valence-corrected chi connectivity index (χ4v) is 2.87. The van der Waals surface area contributed by atoms with Gasteiger partial charge in [0.25, 0.3) is 5.91 Å². The number of thioether (sulfide) groups is 1. The number of hydrogen-bond donors (Lipinski definition) is 2. The van der Waals surface area contributed by atoms with Gasteiger partial charge in [-0.15, -0.1) is 11.8 Å². The van der Waals surface area contributed by atoms with E-state index in [-0.39, 0.29) is 17.4 Å². The number of carbonyl (C=O) groups is 3. The Kier molecular flexibility index (Phi) is 3.42. The van der Waals surface area contributed by atoms with E-state index in [0.717, 1.165) is 0 Å². The number of hydrogen-bond acceptors (Lipinski definition) is 4. The maximum Gasteiger partial charge on any atom is 0.327 e. The molecule has 1 atom stereocenters. The van der Waals surface area contributed by atoms with E-state index >= 15 is 0 Å². The molecule has 1 aliphatic rings. The molecular weight excluding hydrogens is 256 g/mol. The van der Waals surface area contributed by atoms with Crippen molar-refractivity contribution in [3.8, 4) is 0 Å². The van der Waals surface area contributed by atoms with Gasteiger partial charge in [0.15, 0.2) is 5.78 Å². The topological polar surface area (TPSA) is 90.5 Å². The Hall–Kier alpha value is -1.76. The highest BCUT2D eigenvalue weighted by Gasteiger charge is 2.35. The van der Waals surface area contributed by atoms with E-state index in [0.29, 0.717) is 17.2 Å². The van der Waals surface area contributed by atoms with Crippen LogP contribution in [0.5, 0.6) is 0 Å². The summed E-state index contributed by atoms with van der Waals surface area (Å²) >= 11 is 1.40. The first kappa shape index (κ1) is 12.7. The van der Waals surface area contributed by atoms with Crippen molar-refractivity contribution in [1.82, 2.24) is 9.88 Å². The lowest BCUT2D eigenvalue weighted by Gasteiger charge is -2.19. The van der Waals surface area contributed by atoms with Gasteiger partial charge in [0.1, 0.15) is 11.7 Å². The van der Waals surface area contributed by atoms with Crippen molar-refractivity contribution in [3.05, 3.63) is 23.5 Å². The molecule has 2 N–H and O–H groups in total. The molecule has 7 heteroatoms. The summed E-state index contributed by atoms with van der Waals surface area (Å²) in [6.07, 6.45) is 1.45. The number of nitrogens with one attached hydrogen (secondary N) is 1. The second-order valence-corrected chi connectivity index (χ2v) is 4.99. The number of amides is 1. The first-order valence-corrected chi connectivity index (χ1v) is 6.47. The summed E-state index contributed by atoms with van der Waals surface area (Å²) in [4.78, 5) is 38.2. The van der Waals surface area contributed by atoms with Crippen molar-refractivity contribution >= 4 is 29.4 Å². The Balaban J connectivity index is 2.20. The number of aromatic amines is 1. The van der Waals surface area contributed by atoms with Crippen LogP contribution in [0.15, 0.2) is 12.3 Å². The summed E-state index contributed by atoms with van der Waals surface area (Å²) in [6, 6.07) is 0.651. The maximum atomic E-state index is 12.1. The number of carbonyl (C=O) groups excluding carboxylic acids is 2. The average Bonchev–Trinajstić information content (AvgIpc) is 2.97. The van der Waals surface area contributed by atoms with Crippen LogP contribution < -0.4 is 0 Å². The van der Waals surface area contributed by atoms with Crippen LogP contribution in [0.2, 0.25) is 0 Å². The molecule has 1 fully saturated rings. The van der Waals surface area contributed by atoms with Gasteiger partial charge >= 0.3 is 5.97 Å². The number of H-pyrrole nitrogens is 1. The Bertz CT molecular complexity index is 511. The fraction of sp³-hybridized carbons (Fsp3) is 0.364. The van der Waals surface area contributed by atoms with E-state index < -0.39 is 12.0 Å². The lowest BCUT2D eigenvalue weighted by atomic mass is 10.2. The molecule has 96 valence electrons. The molecule has 18 heavy (non-hydrogen) atoms. The number of carboxylic acid groups (broad SMARTS) is 1. The third-order valence-corrected chi connectivity index (χ3v) is 3.76. The summed E-state index contributed by atoms with van der Waals surface area (Å²) in [5.74, 6) is -0.798. The molecule has 1 saturated heterocycles. The minimum Gasteiger partial charge on any atom is -0.480 e. The quantitative estimate of drug-likeness (QED) is 0.792. The highest BCUT2D eigenvalue weighted by Crippen LogP contribution is 2.23. The van der Waals surface area contributed by atoms with Gasteiger partial charge in [-0.1, -0.05) is 0 Å². The number of ketones is 1. The van der Waals surface area contributed by atoms with Crippen molar-refractivity contribution in [2.45, 2.75) is 13.0 Å². The molecule has 1 aliphatic heterocycles. The van der Waals surface area contributed by atoms with Crippen LogP contribution in [0.4, 0.5) is 0 Å². The van der Waals surface area contributed by atoms with Crippen molar-refractivity contribution in [3.63, 3.8) is 0 Å². The number of rotatable bonds is 3. The van der Waals surface area contributed by atoms with Crippen molar-refractivity contribution in [2.24, 2.45) is 0 Å². The monoisotopic (exact) mass is 268 g/mol. The minimum absolute atomic E-state index is 0.143. The van der Waals surface area contributed by atoms with Gasteiger partial charge in [-0.2, -0.15) is 0 Å². The number of aromatic nitrogens is 1. The largest absolute Gasteiger partial charge is 0.480 e. The zero-order valence-electron chi connectivity index (χ0n) is 9.67. The van der Waals surface area contributed by atoms with Crippen LogP contribution in [0, 0.1) is 0 Å². The molecule has 2 heterocycles. The van der Waals surface area contributed by atoms with E-state index in [1.54, 1.807) is 0 Å². The normalized spacial score (nSPS) is 18.9. The minimum atomic E-state index is -1.01. The zero-order valence-corrected chi connectivity index (χ0v) is 10.5. The van der Waals surface area contributed by atoms with Gasteiger partial charge < -0.3 is 15.0 Å². The Morgan fingerprint density at radius 1 is 1.50 bits per heavy atom. The molecule has 1 aromatic heterocycles. The smallest absolute Gasteiger partial charge is 0.327 e. The second-order valence-electron chi connectivity index (χ2n) is 3.99. The summed E-state index contributed by atoms with van der Waals surface area (Å²) in [7, 11) is 0. The van der Waals surface area contributed by atoms with Crippen molar-refractivity contribution < 1.29 is 19.5 Å². The van der Waals surface area contributed by atoms with E-state index in [2.05, 4.69) is 4.98 Å². The number of carboxylic acids is 1. The summed E-state index contributed by atoms with van der Waals surface area (Å²) in [5.41, 5.74) is 0.658. The van der Waals surface area contributed by atoms with E-state index in [9.17, 15) is 14.4 Å². The van der Waals surface area contributed by atoms with Gasteiger partial charge in [0.2, 0.25) is 0 Å². The summed E-state index contributed by atoms with van der Waals surface area (Å²) in [6.45, 7) is 1.41. The van der Waals surface area contributed by atoms with Crippen LogP contribution in [0.3, 0.4) is 0 Å². The third kappa shape index (κ3) is 2.26. The molecule has 0 radical (unpaired) electrons. The number of aliphatic carboxylic acids is 1. The summed E-state index contributed by atoms with van der Waals surface area (Å²) in [5, 5.41) is 9.00. The predicted octanol–water partition coefficient (Wildman–Crippen LogP) is 0.817. The van der Waals surface area contributed by atoms with Crippen LogP contribution >= 0.6 is 11.8 Å². The second kappa shape index (κ2) is 4.85. The third-order valence-electron chi connectivity index (χ3n) is 2.75. The SMILES string of the molecule is CC(=O)c1c[nH]c(C(=O)N2CSC[C@H]2C(=O)O)c1. The standard InChI is InChI=1S/C11H12N2O4S/c1-6(14)7-2-8(12-3-7)10(15)13-5-18-4-9(13)11(16)17/h2-3,9,12H,4-5H2,1H3,(H,16,17)/t9-/m0/s1. The lowest BCUT2D eigenvalue weighted by molar-refractivity contribution is -0.140. The van der Waals surface area contributed by atoms with Crippen molar-refractivity contribution in [1.29, 1.82) is 0 Å². The van der Waals surface area contributed by atoms with Gasteiger partial charge in [-0.3, -0.25) is 9.59 Å². The molecule has 1 amide bonds. The average molecular weight is 268 g/mol. The van der Waals surface area contributed by atoms with E-state index in [4.69, 9.17) is 5.11 Å². The first-order chi connectivity index (χ1) is 8.50. The van der Waals surface area contributed by atoms with E-state index in [1.165, 1.54) is 35.8 Å². The Labute approximate surface area is 107 Å². The Morgan fingerprint density at radius 2 is 2.22 bits per heavy atom. The van der Waals surface area contributed by atoms with Crippen LogP contribution in [0.1, 0.15) is 27.8 Å². The molecular formula is C11H12N2O4S. The lowest BCUT2D eigenvalue weighted by Crippen LogP contribution is -2.41. The number of nitrogens with zero attached hydrogens (tertiary/aromatic N) is 1. The van der Waals surface area contributed by atoms with Crippen LogP contribution in [-0.2, 0) is 4.79 Å². The number of Topliss-reactive ketones (excluding diaryl/α,β-unsaturated/α-hetero) is 1. The molecule has 6 nitrogen and oxygen atoms in total. The zero-order chi connectivity index (χ0) is 13.3. The van der Waals surface area contributed by atoms with Crippen LogP contribution in [-0.4, -0.2) is 50.3 Å². The summed E-state index contributed by atoms with van der Waals surface area (Å²) < 4.78 is 0. The molecule has 1 aromatic rings. The van der Waals surface area contributed by atoms with Gasteiger partial charge in [0.05, 0.1) is 5.88 Å². The molecule has 0 unspecified atom stereocenters. The fourth-order valence-electron chi connectivity index (χ4n) is 1.72. The highest BCUT2D eigenvalue weighted by atomic mass is 32.2. The molecule has 0 aliphatic carbocycles.